The van der Waals surface area contributed by atoms with Crippen LogP contribution in [0, 0.1) is 0 Å². The van der Waals surface area contributed by atoms with E-state index in [1.165, 1.54) is 22.3 Å². The van der Waals surface area contributed by atoms with Gasteiger partial charge in [-0.15, -0.1) is 0 Å². The van der Waals surface area contributed by atoms with Gasteiger partial charge in [-0.3, -0.25) is 0 Å². The third kappa shape index (κ3) is 2.98. The molecule has 94 valence electrons. The monoisotopic (exact) mass is 294 g/mol. The molecule has 2 aromatic carbocycles. The number of quaternary nitrogens is 1. The third-order valence-corrected chi connectivity index (χ3v) is 5.00. The van der Waals surface area contributed by atoms with Gasteiger partial charge in [0.1, 0.15) is 0 Å². The quantitative estimate of drug-likeness (QED) is 0.747. The molecule has 0 saturated heterocycles. The Bertz CT molecular complexity index is 553. The van der Waals surface area contributed by atoms with E-state index in [1.54, 1.807) is 0 Å². The molecule has 19 heavy (non-hydrogen) atoms. The SMILES string of the molecule is C[N+](C)(C)[Si]C1c2ccccc2-c2ccccc21.[Ca+2].[H-].[H-]. The Morgan fingerprint density at radius 3 is 1.68 bits per heavy atom. The van der Waals surface area contributed by atoms with Crippen LogP contribution in [0.3, 0.4) is 0 Å². The van der Waals surface area contributed by atoms with Gasteiger partial charge in [0.05, 0.1) is 26.7 Å². The Morgan fingerprint density at radius 1 is 0.842 bits per heavy atom. The normalized spacial score (nSPS) is 13.6. The molecule has 0 aliphatic heterocycles. The molecule has 0 N–H and O–H groups in total. The second-order valence-electron chi connectivity index (χ2n) is 5.75. The molecule has 1 aliphatic carbocycles. The molecular weight excluding hydrogens is 274 g/mol. The average molecular weight is 295 g/mol. The molecule has 0 heterocycles. The minimum Gasteiger partial charge on any atom is -1.00 e. The van der Waals surface area contributed by atoms with Crippen LogP contribution < -0.4 is 0 Å². The summed E-state index contributed by atoms with van der Waals surface area (Å²) in [6.45, 7) is 0. The number of rotatable bonds is 2. The molecule has 2 radical (unpaired) electrons. The zero-order chi connectivity index (χ0) is 12.8. The van der Waals surface area contributed by atoms with Gasteiger partial charge in [-0.1, -0.05) is 48.5 Å². The number of benzene rings is 2. The minimum atomic E-state index is 0. The van der Waals surface area contributed by atoms with Gasteiger partial charge in [0.2, 0.25) is 0 Å². The van der Waals surface area contributed by atoms with E-state index in [-0.39, 0.29) is 40.6 Å². The molecule has 3 rings (SSSR count). The summed E-state index contributed by atoms with van der Waals surface area (Å²) in [6.07, 6.45) is 0. The van der Waals surface area contributed by atoms with Crippen LogP contribution in [0.1, 0.15) is 19.5 Å². The number of fused-ring (bicyclic) bond motifs is 3. The van der Waals surface area contributed by atoms with Crippen LogP contribution in [-0.2, 0) is 0 Å². The van der Waals surface area contributed by atoms with Gasteiger partial charge in [0.15, 0.2) is 0 Å². The standard InChI is InChI=1S/C16H18NSi.Ca.2H/c1-17(2,3)18-16-14-10-6-4-8-12(14)13-9-5-7-11-15(13)16;;;/h4-11,16H,1-3H3;;;/q+1;+2;2*-1. The van der Waals surface area contributed by atoms with Crippen molar-refractivity contribution in [1.29, 1.82) is 0 Å². The first-order valence-electron chi connectivity index (χ1n) is 6.34. The Kier molecular flexibility index (Phi) is 4.58. The van der Waals surface area contributed by atoms with E-state index in [9.17, 15) is 0 Å². The van der Waals surface area contributed by atoms with Crippen molar-refractivity contribution >= 4 is 47.4 Å². The second kappa shape index (κ2) is 5.70. The number of hydrogen-bond acceptors (Lipinski definition) is 0. The van der Waals surface area contributed by atoms with E-state index in [0.29, 0.717) is 5.54 Å². The average Bonchev–Trinajstić information content (AvgIpc) is 2.64. The molecule has 0 amide bonds. The fourth-order valence-electron chi connectivity index (χ4n) is 2.68. The van der Waals surface area contributed by atoms with Gasteiger partial charge in [0, 0.05) is 0 Å². The fourth-order valence-corrected chi connectivity index (χ4v) is 4.24. The molecule has 0 spiro atoms. The zero-order valence-electron chi connectivity index (χ0n) is 13.9. The summed E-state index contributed by atoms with van der Waals surface area (Å²) in [7, 11) is 7.71. The van der Waals surface area contributed by atoms with Crippen molar-refractivity contribution in [2.45, 2.75) is 5.54 Å². The summed E-state index contributed by atoms with van der Waals surface area (Å²) in [5.41, 5.74) is 6.44. The van der Waals surface area contributed by atoms with Crippen LogP contribution in [0.2, 0.25) is 0 Å². The molecule has 0 aromatic heterocycles. The van der Waals surface area contributed by atoms with Gasteiger partial charge in [-0.25, -0.2) is 0 Å². The van der Waals surface area contributed by atoms with Crippen molar-refractivity contribution in [2.75, 3.05) is 21.1 Å². The van der Waals surface area contributed by atoms with Crippen molar-refractivity contribution in [3.05, 3.63) is 59.7 Å². The largest absolute Gasteiger partial charge is 2.00 e. The Morgan fingerprint density at radius 2 is 1.26 bits per heavy atom. The third-order valence-electron chi connectivity index (χ3n) is 3.35. The molecule has 1 nitrogen and oxygen atoms in total. The molecule has 0 atom stereocenters. The maximum Gasteiger partial charge on any atom is 2.00 e. The molecule has 3 heteroatoms. The number of nitrogens with zero attached hydrogens (tertiary/aromatic N) is 1. The van der Waals surface area contributed by atoms with E-state index < -0.39 is 0 Å². The summed E-state index contributed by atoms with van der Waals surface area (Å²) in [5, 5.41) is 0. The Hall–Kier alpha value is -0.123. The first kappa shape index (κ1) is 15.3. The first-order valence-corrected chi connectivity index (χ1v) is 7.36. The molecule has 1 aliphatic rings. The van der Waals surface area contributed by atoms with Crippen LogP contribution in [0.4, 0.5) is 0 Å². The van der Waals surface area contributed by atoms with Gasteiger partial charge in [0.25, 0.3) is 0 Å². The van der Waals surface area contributed by atoms with Crippen LogP contribution >= 0.6 is 0 Å². The van der Waals surface area contributed by atoms with E-state index in [2.05, 4.69) is 69.7 Å². The number of hydrogen-bond donors (Lipinski definition) is 0. The smallest absolute Gasteiger partial charge is 1.00 e. The van der Waals surface area contributed by atoms with E-state index in [4.69, 9.17) is 0 Å². The molecule has 0 saturated carbocycles. The van der Waals surface area contributed by atoms with Crippen LogP contribution in [0.5, 0.6) is 0 Å². The second-order valence-corrected chi connectivity index (χ2v) is 7.93. The van der Waals surface area contributed by atoms with Crippen LogP contribution in [-0.4, -0.2) is 72.7 Å². The van der Waals surface area contributed by atoms with Gasteiger partial charge >= 0.3 is 47.4 Å². The summed E-state index contributed by atoms with van der Waals surface area (Å²) in [4.78, 5) is 0. The van der Waals surface area contributed by atoms with Crippen molar-refractivity contribution in [3.8, 4) is 11.1 Å². The minimum absolute atomic E-state index is 0. The summed E-state index contributed by atoms with van der Waals surface area (Å²) >= 11 is 0. The van der Waals surface area contributed by atoms with E-state index in [1.807, 2.05) is 0 Å². The predicted octanol–water partition coefficient (Wildman–Crippen LogP) is 2.93. The topological polar surface area (TPSA) is 0 Å². The van der Waals surface area contributed by atoms with Crippen LogP contribution in [0.15, 0.2) is 48.5 Å². The van der Waals surface area contributed by atoms with E-state index >= 15 is 0 Å². The van der Waals surface area contributed by atoms with Gasteiger partial charge in [-0.2, -0.15) is 0 Å². The van der Waals surface area contributed by atoms with Gasteiger partial charge < -0.3 is 7.00 Å². The molecule has 2 aromatic rings. The maximum atomic E-state index is 2.29. The Balaban J connectivity index is 0.00000133. The predicted molar refractivity (Wildman–Crippen MR) is 85.5 cm³/mol. The fraction of sp³-hybridized carbons (Fsp3) is 0.250. The van der Waals surface area contributed by atoms with E-state index in [0.717, 1.165) is 13.8 Å². The van der Waals surface area contributed by atoms with Crippen molar-refractivity contribution in [2.24, 2.45) is 0 Å². The molecule has 0 unspecified atom stereocenters. The Labute approximate surface area is 151 Å². The zero-order valence-corrected chi connectivity index (χ0v) is 15.1. The maximum absolute atomic E-state index is 2.29. The summed E-state index contributed by atoms with van der Waals surface area (Å²) < 4.78 is 1.02. The van der Waals surface area contributed by atoms with Crippen molar-refractivity contribution in [1.82, 2.24) is 0 Å². The van der Waals surface area contributed by atoms with Crippen molar-refractivity contribution < 1.29 is 7.00 Å². The molecular formula is C16H20CaNSi+. The summed E-state index contributed by atoms with van der Waals surface area (Å²) in [6, 6.07) is 17.7. The molecule has 0 bridgehead atoms. The van der Waals surface area contributed by atoms with Gasteiger partial charge in [-0.05, 0) is 22.3 Å². The molecule has 0 fully saturated rings. The van der Waals surface area contributed by atoms with Crippen LogP contribution in [0.25, 0.3) is 11.1 Å². The summed E-state index contributed by atoms with van der Waals surface area (Å²) in [5.74, 6) is 0. The first-order chi connectivity index (χ1) is 8.56. The van der Waals surface area contributed by atoms with Crippen molar-refractivity contribution in [3.63, 3.8) is 0 Å².